The van der Waals surface area contributed by atoms with Gasteiger partial charge in [-0.25, -0.2) is 0 Å². The molecule has 0 aliphatic carbocycles. The molecule has 0 bridgehead atoms. The molecule has 1 saturated heterocycles. The molecule has 2 N–H and O–H groups in total. The van der Waals surface area contributed by atoms with E-state index < -0.39 is 0 Å². The molecule has 2 aliphatic heterocycles. The first-order valence-corrected chi connectivity index (χ1v) is 6.98. The molecule has 100 valence electrons. The number of piperidine rings is 1. The van der Waals surface area contributed by atoms with Crippen molar-refractivity contribution in [3.63, 3.8) is 0 Å². The lowest BCUT2D eigenvalue weighted by atomic mass is 9.83. The zero-order chi connectivity index (χ0) is 12.7. The SMILES string of the molecule is CC1=CNCCC2(CCCCN2)CCN=CC=N1. The molecule has 0 aromatic rings. The summed E-state index contributed by atoms with van der Waals surface area (Å²) in [6, 6.07) is 0. The molecular weight excluding hydrogens is 224 g/mol. The molecule has 1 unspecified atom stereocenters. The van der Waals surface area contributed by atoms with E-state index in [2.05, 4.69) is 20.6 Å². The number of nitrogens with zero attached hydrogens (tertiary/aromatic N) is 2. The molecule has 0 aromatic carbocycles. The number of hydrogen-bond acceptors (Lipinski definition) is 4. The second-order valence-electron chi connectivity index (χ2n) is 5.24. The molecule has 2 aliphatic rings. The van der Waals surface area contributed by atoms with Gasteiger partial charge in [-0.05, 0) is 39.2 Å². The number of hydrogen-bond donors (Lipinski definition) is 2. The molecule has 0 radical (unpaired) electrons. The van der Waals surface area contributed by atoms with Crippen molar-refractivity contribution in [2.24, 2.45) is 9.98 Å². The van der Waals surface area contributed by atoms with Crippen molar-refractivity contribution in [1.82, 2.24) is 10.6 Å². The van der Waals surface area contributed by atoms with E-state index in [-0.39, 0.29) is 0 Å². The van der Waals surface area contributed by atoms with Crippen LogP contribution in [0.25, 0.3) is 0 Å². The molecule has 2 rings (SSSR count). The fraction of sp³-hybridized carbons (Fsp3) is 0.714. The highest BCUT2D eigenvalue weighted by atomic mass is 15.0. The average Bonchev–Trinajstić information content (AvgIpc) is 2.39. The second kappa shape index (κ2) is 6.69. The van der Waals surface area contributed by atoms with Gasteiger partial charge in [-0.3, -0.25) is 9.98 Å². The van der Waals surface area contributed by atoms with Crippen molar-refractivity contribution < 1.29 is 0 Å². The van der Waals surface area contributed by atoms with Crippen molar-refractivity contribution in [1.29, 1.82) is 0 Å². The van der Waals surface area contributed by atoms with Crippen LogP contribution in [0.2, 0.25) is 0 Å². The molecular formula is C14H24N4. The Morgan fingerprint density at radius 3 is 2.89 bits per heavy atom. The fourth-order valence-corrected chi connectivity index (χ4v) is 2.70. The Morgan fingerprint density at radius 1 is 1.11 bits per heavy atom. The zero-order valence-corrected chi connectivity index (χ0v) is 11.3. The Labute approximate surface area is 110 Å². The quantitative estimate of drug-likeness (QED) is 0.687. The highest BCUT2D eigenvalue weighted by Crippen LogP contribution is 2.26. The third kappa shape index (κ3) is 3.95. The maximum absolute atomic E-state index is 4.43. The van der Waals surface area contributed by atoms with Crippen LogP contribution in [0.1, 0.15) is 39.0 Å². The van der Waals surface area contributed by atoms with E-state index in [0.29, 0.717) is 5.54 Å². The third-order valence-corrected chi connectivity index (χ3v) is 3.81. The van der Waals surface area contributed by atoms with Gasteiger partial charge in [-0.2, -0.15) is 0 Å². The summed E-state index contributed by atoms with van der Waals surface area (Å²) in [5, 5.41) is 7.09. The number of aliphatic imine (C=N–C) groups is 2. The van der Waals surface area contributed by atoms with Gasteiger partial charge in [0.2, 0.25) is 0 Å². The van der Waals surface area contributed by atoms with Gasteiger partial charge < -0.3 is 10.6 Å². The van der Waals surface area contributed by atoms with Gasteiger partial charge in [-0.15, -0.1) is 0 Å². The molecule has 2 heterocycles. The first-order chi connectivity index (χ1) is 8.81. The standard InChI is InChI=1S/C14H24N4/c1-13-12-16-9-6-14(4-2-3-7-18-14)5-8-15-10-11-17-13/h10-12,16,18H,2-9H2,1H3. The van der Waals surface area contributed by atoms with Crippen LogP contribution in [0, 0.1) is 0 Å². The van der Waals surface area contributed by atoms with Gasteiger partial charge in [0.1, 0.15) is 0 Å². The van der Waals surface area contributed by atoms with Crippen LogP contribution in [0.4, 0.5) is 0 Å². The van der Waals surface area contributed by atoms with Crippen molar-refractivity contribution >= 4 is 12.4 Å². The summed E-state index contributed by atoms with van der Waals surface area (Å²) >= 11 is 0. The molecule has 1 spiro atoms. The molecule has 4 heteroatoms. The first-order valence-electron chi connectivity index (χ1n) is 6.98. The predicted molar refractivity (Wildman–Crippen MR) is 77.4 cm³/mol. The monoisotopic (exact) mass is 248 g/mol. The van der Waals surface area contributed by atoms with E-state index in [1.165, 1.54) is 19.3 Å². The second-order valence-corrected chi connectivity index (χ2v) is 5.24. The molecule has 1 fully saturated rings. The minimum absolute atomic E-state index is 0.292. The van der Waals surface area contributed by atoms with Gasteiger partial charge in [0, 0.05) is 37.3 Å². The van der Waals surface area contributed by atoms with Crippen molar-refractivity contribution in [2.75, 3.05) is 19.6 Å². The first kappa shape index (κ1) is 13.3. The Kier molecular flexibility index (Phi) is 4.93. The highest BCUT2D eigenvalue weighted by molar-refractivity contribution is 6.16. The Balaban J connectivity index is 2.01. The minimum atomic E-state index is 0.292. The van der Waals surface area contributed by atoms with Crippen molar-refractivity contribution in [3.05, 3.63) is 11.9 Å². The lowest BCUT2D eigenvalue weighted by Gasteiger charge is -2.38. The number of rotatable bonds is 0. The fourth-order valence-electron chi connectivity index (χ4n) is 2.70. The third-order valence-electron chi connectivity index (χ3n) is 3.81. The maximum atomic E-state index is 4.43. The molecule has 1 atom stereocenters. The molecule has 0 amide bonds. The van der Waals surface area contributed by atoms with Crippen LogP contribution in [-0.2, 0) is 0 Å². The topological polar surface area (TPSA) is 48.8 Å². The summed E-state index contributed by atoms with van der Waals surface area (Å²) in [4.78, 5) is 8.70. The van der Waals surface area contributed by atoms with E-state index in [1.807, 2.05) is 19.3 Å². The summed E-state index contributed by atoms with van der Waals surface area (Å²) in [5.74, 6) is 0. The lowest BCUT2D eigenvalue weighted by Crippen LogP contribution is -2.50. The minimum Gasteiger partial charge on any atom is -0.389 e. The van der Waals surface area contributed by atoms with Crippen LogP contribution < -0.4 is 10.6 Å². The Bertz CT molecular complexity index is 338. The normalized spacial score (nSPS) is 30.2. The van der Waals surface area contributed by atoms with E-state index in [1.54, 1.807) is 6.21 Å². The summed E-state index contributed by atoms with van der Waals surface area (Å²) in [7, 11) is 0. The molecule has 0 aromatic heterocycles. The number of nitrogens with one attached hydrogen (secondary N) is 2. The lowest BCUT2D eigenvalue weighted by molar-refractivity contribution is 0.224. The number of allylic oxidation sites excluding steroid dienone is 1. The van der Waals surface area contributed by atoms with Gasteiger partial charge in [-0.1, -0.05) is 6.42 Å². The summed E-state index contributed by atoms with van der Waals surface area (Å²) in [5.41, 5.74) is 1.29. The van der Waals surface area contributed by atoms with Crippen LogP contribution in [0.5, 0.6) is 0 Å². The largest absolute Gasteiger partial charge is 0.389 e. The maximum Gasteiger partial charge on any atom is 0.0529 e. The summed E-state index contributed by atoms with van der Waals surface area (Å²) < 4.78 is 0. The zero-order valence-electron chi connectivity index (χ0n) is 11.3. The molecule has 0 saturated carbocycles. The highest BCUT2D eigenvalue weighted by Gasteiger charge is 2.30. The van der Waals surface area contributed by atoms with E-state index >= 15 is 0 Å². The predicted octanol–water partition coefficient (Wildman–Crippen LogP) is 1.89. The van der Waals surface area contributed by atoms with E-state index in [0.717, 1.165) is 38.2 Å². The van der Waals surface area contributed by atoms with Crippen LogP contribution in [0.15, 0.2) is 21.9 Å². The van der Waals surface area contributed by atoms with Crippen molar-refractivity contribution in [3.8, 4) is 0 Å². The summed E-state index contributed by atoms with van der Waals surface area (Å²) in [6.07, 6.45) is 11.8. The van der Waals surface area contributed by atoms with Crippen LogP contribution in [0.3, 0.4) is 0 Å². The van der Waals surface area contributed by atoms with Crippen LogP contribution >= 0.6 is 0 Å². The van der Waals surface area contributed by atoms with Crippen molar-refractivity contribution in [2.45, 2.75) is 44.6 Å². The van der Waals surface area contributed by atoms with Gasteiger partial charge in [0.05, 0.1) is 5.70 Å². The van der Waals surface area contributed by atoms with Gasteiger partial charge in [0.25, 0.3) is 0 Å². The van der Waals surface area contributed by atoms with Gasteiger partial charge in [0.15, 0.2) is 0 Å². The summed E-state index contributed by atoms with van der Waals surface area (Å²) in [6.45, 7) is 5.04. The smallest absolute Gasteiger partial charge is 0.0529 e. The molecule has 4 nitrogen and oxygen atoms in total. The van der Waals surface area contributed by atoms with Crippen LogP contribution in [-0.4, -0.2) is 37.6 Å². The Hall–Kier alpha value is -1.16. The van der Waals surface area contributed by atoms with E-state index in [9.17, 15) is 0 Å². The Morgan fingerprint density at radius 2 is 2.06 bits per heavy atom. The van der Waals surface area contributed by atoms with Gasteiger partial charge >= 0.3 is 0 Å². The molecule has 18 heavy (non-hydrogen) atoms. The average molecular weight is 248 g/mol. The van der Waals surface area contributed by atoms with E-state index in [4.69, 9.17) is 0 Å².